The van der Waals surface area contributed by atoms with E-state index < -0.39 is 0 Å². The number of likely N-dealkylation sites (N-methyl/N-ethyl adjacent to an activating group) is 1. The minimum Gasteiger partial charge on any atom is -0.482 e. The summed E-state index contributed by atoms with van der Waals surface area (Å²) < 4.78 is 9.95. The van der Waals surface area contributed by atoms with Crippen molar-refractivity contribution in [2.45, 2.75) is 19.3 Å². The molecule has 0 fully saturated rings. The Morgan fingerprint density at radius 2 is 2.26 bits per heavy atom. The highest BCUT2D eigenvalue weighted by molar-refractivity contribution is 5.97. The van der Waals surface area contributed by atoms with E-state index in [1.165, 1.54) is 7.11 Å². The Bertz CT molecular complexity index is 498. The van der Waals surface area contributed by atoms with Gasteiger partial charge in [-0.05, 0) is 30.5 Å². The SMILES string of the molecule is COC(=O)CCCc1ccc2c(c1)N(C)C(=O)CO2. The van der Waals surface area contributed by atoms with Gasteiger partial charge in [-0.1, -0.05) is 6.07 Å². The molecule has 102 valence electrons. The van der Waals surface area contributed by atoms with Gasteiger partial charge in [0.15, 0.2) is 6.61 Å². The predicted molar refractivity (Wildman–Crippen MR) is 70.3 cm³/mol. The second-order valence-corrected chi connectivity index (χ2v) is 4.47. The number of carbonyl (C=O) groups excluding carboxylic acids is 2. The average molecular weight is 263 g/mol. The number of nitrogens with zero attached hydrogens (tertiary/aromatic N) is 1. The zero-order valence-corrected chi connectivity index (χ0v) is 11.1. The van der Waals surface area contributed by atoms with Crippen LogP contribution in [0.15, 0.2) is 18.2 Å². The van der Waals surface area contributed by atoms with Crippen molar-refractivity contribution in [2.24, 2.45) is 0 Å². The molecular weight excluding hydrogens is 246 g/mol. The first-order chi connectivity index (χ1) is 9.11. The van der Waals surface area contributed by atoms with Crippen LogP contribution in [0.3, 0.4) is 0 Å². The molecule has 0 aliphatic carbocycles. The van der Waals surface area contributed by atoms with Gasteiger partial charge in [-0.3, -0.25) is 9.59 Å². The Morgan fingerprint density at radius 3 is 3.00 bits per heavy atom. The van der Waals surface area contributed by atoms with Gasteiger partial charge in [0.1, 0.15) is 5.75 Å². The third-order valence-corrected chi connectivity index (χ3v) is 3.18. The lowest BCUT2D eigenvalue weighted by Crippen LogP contribution is -2.35. The van der Waals surface area contributed by atoms with E-state index in [0.717, 1.165) is 29.8 Å². The van der Waals surface area contributed by atoms with Gasteiger partial charge in [0.05, 0.1) is 12.8 Å². The van der Waals surface area contributed by atoms with Crippen LogP contribution in [0.1, 0.15) is 18.4 Å². The molecule has 1 aliphatic rings. The number of esters is 1. The minimum absolute atomic E-state index is 0.0563. The topological polar surface area (TPSA) is 55.8 Å². The Hall–Kier alpha value is -2.04. The van der Waals surface area contributed by atoms with Crippen molar-refractivity contribution in [3.63, 3.8) is 0 Å². The molecule has 0 bridgehead atoms. The number of anilines is 1. The van der Waals surface area contributed by atoms with Crippen LogP contribution in [-0.2, 0) is 20.7 Å². The summed E-state index contributed by atoms with van der Waals surface area (Å²) in [7, 11) is 3.13. The third kappa shape index (κ3) is 3.05. The quantitative estimate of drug-likeness (QED) is 0.773. The summed E-state index contributed by atoms with van der Waals surface area (Å²) in [5.41, 5.74) is 1.86. The number of carbonyl (C=O) groups is 2. The standard InChI is InChI=1S/C14H17NO4/c1-15-11-8-10(4-3-5-14(17)18-2)6-7-12(11)19-9-13(15)16/h6-8H,3-5,9H2,1-2H3. The number of fused-ring (bicyclic) bond motifs is 1. The van der Waals surface area contributed by atoms with Gasteiger partial charge in [0, 0.05) is 13.5 Å². The fourth-order valence-corrected chi connectivity index (χ4v) is 2.01. The molecule has 0 saturated carbocycles. The molecule has 0 saturated heterocycles. The number of ether oxygens (including phenoxy) is 2. The molecule has 0 atom stereocenters. The maximum atomic E-state index is 11.6. The first kappa shape index (κ1) is 13.4. The number of benzene rings is 1. The van der Waals surface area contributed by atoms with E-state index in [1.54, 1.807) is 11.9 Å². The van der Waals surface area contributed by atoms with E-state index in [2.05, 4.69) is 4.74 Å². The van der Waals surface area contributed by atoms with Gasteiger partial charge < -0.3 is 14.4 Å². The lowest BCUT2D eigenvalue weighted by atomic mass is 10.1. The number of hydrogen-bond donors (Lipinski definition) is 0. The first-order valence-corrected chi connectivity index (χ1v) is 6.21. The van der Waals surface area contributed by atoms with Crippen molar-refractivity contribution in [3.05, 3.63) is 23.8 Å². The molecule has 0 aromatic heterocycles. The highest BCUT2D eigenvalue weighted by Crippen LogP contribution is 2.32. The minimum atomic E-state index is -0.200. The lowest BCUT2D eigenvalue weighted by Gasteiger charge is -2.26. The van der Waals surface area contributed by atoms with Gasteiger partial charge in [0.25, 0.3) is 5.91 Å². The molecule has 5 nitrogen and oxygen atoms in total. The van der Waals surface area contributed by atoms with E-state index in [-0.39, 0.29) is 18.5 Å². The van der Waals surface area contributed by atoms with Crippen molar-refractivity contribution < 1.29 is 19.1 Å². The number of rotatable bonds is 4. The van der Waals surface area contributed by atoms with E-state index in [9.17, 15) is 9.59 Å². The molecule has 0 radical (unpaired) electrons. The molecule has 5 heteroatoms. The zero-order chi connectivity index (χ0) is 13.8. The van der Waals surface area contributed by atoms with Crippen molar-refractivity contribution in [1.29, 1.82) is 0 Å². The fraction of sp³-hybridized carbons (Fsp3) is 0.429. The average Bonchev–Trinajstić information content (AvgIpc) is 2.43. The molecule has 1 heterocycles. The molecule has 1 aliphatic heterocycles. The van der Waals surface area contributed by atoms with Crippen LogP contribution in [0, 0.1) is 0 Å². The van der Waals surface area contributed by atoms with E-state index >= 15 is 0 Å². The summed E-state index contributed by atoms with van der Waals surface area (Å²) in [6.45, 7) is 0.0885. The van der Waals surface area contributed by atoms with E-state index in [1.807, 2.05) is 18.2 Å². The number of aryl methyl sites for hydroxylation is 1. The van der Waals surface area contributed by atoms with Gasteiger partial charge in [-0.25, -0.2) is 0 Å². The normalized spacial score (nSPS) is 13.8. The second-order valence-electron chi connectivity index (χ2n) is 4.47. The van der Waals surface area contributed by atoms with Crippen LogP contribution in [0.5, 0.6) is 5.75 Å². The Balaban J connectivity index is 2.04. The summed E-state index contributed by atoms with van der Waals surface area (Å²) in [6.07, 6.45) is 1.90. The van der Waals surface area contributed by atoms with Crippen LogP contribution in [-0.4, -0.2) is 32.6 Å². The van der Waals surface area contributed by atoms with Crippen molar-refractivity contribution >= 4 is 17.6 Å². The smallest absolute Gasteiger partial charge is 0.305 e. The van der Waals surface area contributed by atoms with Gasteiger partial charge >= 0.3 is 5.97 Å². The first-order valence-electron chi connectivity index (χ1n) is 6.21. The van der Waals surface area contributed by atoms with Crippen LogP contribution in [0.2, 0.25) is 0 Å². The predicted octanol–water partition coefficient (Wildman–Crippen LogP) is 1.54. The van der Waals surface area contributed by atoms with E-state index in [0.29, 0.717) is 6.42 Å². The van der Waals surface area contributed by atoms with Crippen molar-refractivity contribution in [1.82, 2.24) is 0 Å². The largest absolute Gasteiger partial charge is 0.482 e. The van der Waals surface area contributed by atoms with Crippen molar-refractivity contribution in [3.8, 4) is 5.75 Å². The highest BCUT2D eigenvalue weighted by Gasteiger charge is 2.22. The molecule has 1 aromatic carbocycles. The summed E-state index contributed by atoms with van der Waals surface area (Å²) >= 11 is 0. The summed E-state index contributed by atoms with van der Waals surface area (Å²) in [4.78, 5) is 24.2. The zero-order valence-electron chi connectivity index (χ0n) is 11.1. The summed E-state index contributed by atoms with van der Waals surface area (Å²) in [5.74, 6) is 0.464. The van der Waals surface area contributed by atoms with Gasteiger partial charge in [-0.15, -0.1) is 0 Å². The molecule has 2 rings (SSSR count). The molecule has 0 unspecified atom stereocenters. The third-order valence-electron chi connectivity index (χ3n) is 3.18. The van der Waals surface area contributed by atoms with Crippen LogP contribution >= 0.6 is 0 Å². The second kappa shape index (κ2) is 5.73. The van der Waals surface area contributed by atoms with Crippen molar-refractivity contribution in [2.75, 3.05) is 25.7 Å². The molecule has 19 heavy (non-hydrogen) atoms. The molecule has 0 spiro atoms. The Kier molecular flexibility index (Phi) is 4.04. The Morgan fingerprint density at radius 1 is 1.47 bits per heavy atom. The van der Waals surface area contributed by atoms with Crippen LogP contribution in [0.4, 0.5) is 5.69 Å². The molecular formula is C14H17NO4. The monoisotopic (exact) mass is 263 g/mol. The fourth-order valence-electron chi connectivity index (χ4n) is 2.01. The summed E-state index contributed by atoms with van der Waals surface area (Å²) in [6, 6.07) is 5.76. The number of amides is 1. The van der Waals surface area contributed by atoms with E-state index in [4.69, 9.17) is 4.74 Å². The van der Waals surface area contributed by atoms with Crippen LogP contribution < -0.4 is 9.64 Å². The van der Waals surface area contributed by atoms with Gasteiger partial charge in [0.2, 0.25) is 0 Å². The molecule has 1 amide bonds. The number of hydrogen-bond acceptors (Lipinski definition) is 4. The lowest BCUT2D eigenvalue weighted by molar-refractivity contribution is -0.140. The maximum absolute atomic E-state index is 11.6. The molecule has 0 N–H and O–H groups in total. The highest BCUT2D eigenvalue weighted by atomic mass is 16.5. The maximum Gasteiger partial charge on any atom is 0.305 e. The van der Waals surface area contributed by atoms with Crippen LogP contribution in [0.25, 0.3) is 0 Å². The summed E-state index contributed by atoms with van der Waals surface area (Å²) in [5, 5.41) is 0. The Labute approximate surface area is 112 Å². The molecule has 1 aromatic rings. The number of methoxy groups -OCH3 is 1. The van der Waals surface area contributed by atoms with Gasteiger partial charge in [-0.2, -0.15) is 0 Å².